The minimum absolute atomic E-state index is 0.138. The standard InChI is InChI=1S/C13H17NO2S/c1-3-6-14-7-4-12-10(5-8-17-12)11(9-14)13(15)16-2/h3,5,8,11H,1,4,6-7,9H2,2H3. The zero-order valence-electron chi connectivity index (χ0n) is 10.0. The van der Waals surface area contributed by atoms with Crippen molar-refractivity contribution < 1.29 is 9.53 Å². The first-order chi connectivity index (χ1) is 8.26. The maximum Gasteiger partial charge on any atom is 0.314 e. The van der Waals surface area contributed by atoms with Crippen LogP contribution in [-0.4, -0.2) is 37.6 Å². The van der Waals surface area contributed by atoms with Crippen LogP contribution in [-0.2, 0) is 16.0 Å². The Morgan fingerprint density at radius 1 is 1.76 bits per heavy atom. The van der Waals surface area contributed by atoms with Gasteiger partial charge in [-0.15, -0.1) is 17.9 Å². The molecule has 1 aliphatic rings. The predicted octanol–water partition coefficient (Wildman–Crippen LogP) is 2.05. The second-order valence-corrected chi connectivity index (χ2v) is 5.17. The molecule has 1 atom stereocenters. The lowest BCUT2D eigenvalue weighted by molar-refractivity contribution is -0.142. The average molecular weight is 251 g/mol. The lowest BCUT2D eigenvalue weighted by Gasteiger charge is -2.21. The highest BCUT2D eigenvalue weighted by Gasteiger charge is 2.29. The number of esters is 1. The molecule has 2 rings (SSSR count). The molecule has 0 radical (unpaired) electrons. The van der Waals surface area contributed by atoms with E-state index in [1.54, 1.807) is 11.3 Å². The van der Waals surface area contributed by atoms with E-state index in [9.17, 15) is 4.79 Å². The summed E-state index contributed by atoms with van der Waals surface area (Å²) in [6.07, 6.45) is 2.89. The van der Waals surface area contributed by atoms with Gasteiger partial charge in [-0.25, -0.2) is 0 Å². The number of rotatable bonds is 3. The molecule has 92 valence electrons. The molecule has 0 fully saturated rings. The zero-order chi connectivity index (χ0) is 12.3. The molecule has 3 nitrogen and oxygen atoms in total. The number of nitrogens with zero attached hydrogens (tertiary/aromatic N) is 1. The highest BCUT2D eigenvalue weighted by molar-refractivity contribution is 7.10. The molecule has 1 aromatic rings. The summed E-state index contributed by atoms with van der Waals surface area (Å²) in [5, 5.41) is 2.06. The van der Waals surface area contributed by atoms with Gasteiger partial charge in [-0.3, -0.25) is 9.69 Å². The third-order valence-electron chi connectivity index (χ3n) is 3.12. The Bertz CT molecular complexity index is 413. The first-order valence-electron chi connectivity index (χ1n) is 5.73. The van der Waals surface area contributed by atoms with Crippen LogP contribution in [0, 0.1) is 0 Å². The van der Waals surface area contributed by atoms with E-state index in [1.807, 2.05) is 6.08 Å². The molecule has 1 aromatic heterocycles. The number of hydrogen-bond donors (Lipinski definition) is 0. The van der Waals surface area contributed by atoms with Crippen molar-refractivity contribution in [2.45, 2.75) is 12.3 Å². The molecule has 0 bridgehead atoms. The fraction of sp³-hybridized carbons (Fsp3) is 0.462. The summed E-state index contributed by atoms with van der Waals surface area (Å²) in [5.74, 6) is -0.288. The quantitative estimate of drug-likeness (QED) is 0.608. The maximum absolute atomic E-state index is 11.9. The first kappa shape index (κ1) is 12.3. The van der Waals surface area contributed by atoms with E-state index in [4.69, 9.17) is 4.74 Å². The molecule has 0 amide bonds. The topological polar surface area (TPSA) is 29.5 Å². The Balaban J connectivity index is 2.25. The Morgan fingerprint density at radius 2 is 2.59 bits per heavy atom. The van der Waals surface area contributed by atoms with Crippen molar-refractivity contribution in [2.75, 3.05) is 26.7 Å². The summed E-state index contributed by atoms with van der Waals surface area (Å²) < 4.78 is 4.91. The molecule has 0 aliphatic carbocycles. The van der Waals surface area contributed by atoms with Crippen LogP contribution in [0.1, 0.15) is 16.4 Å². The molecule has 2 heterocycles. The summed E-state index contributed by atoms with van der Waals surface area (Å²) >= 11 is 1.73. The molecular formula is C13H17NO2S. The Morgan fingerprint density at radius 3 is 3.29 bits per heavy atom. The van der Waals surface area contributed by atoms with Crippen molar-refractivity contribution in [3.8, 4) is 0 Å². The van der Waals surface area contributed by atoms with Gasteiger partial charge in [-0.1, -0.05) is 6.08 Å². The van der Waals surface area contributed by atoms with E-state index < -0.39 is 0 Å². The normalized spacial score (nSPS) is 20.4. The van der Waals surface area contributed by atoms with Crippen LogP contribution >= 0.6 is 11.3 Å². The zero-order valence-corrected chi connectivity index (χ0v) is 10.8. The van der Waals surface area contributed by atoms with Gasteiger partial charge < -0.3 is 4.74 Å². The van der Waals surface area contributed by atoms with Crippen LogP contribution in [0.5, 0.6) is 0 Å². The second kappa shape index (κ2) is 5.47. The largest absolute Gasteiger partial charge is 0.469 e. The van der Waals surface area contributed by atoms with Gasteiger partial charge in [-0.05, 0) is 23.4 Å². The molecule has 1 unspecified atom stereocenters. The van der Waals surface area contributed by atoms with Gasteiger partial charge in [0.05, 0.1) is 13.0 Å². The average Bonchev–Trinajstić information content (AvgIpc) is 2.73. The lowest BCUT2D eigenvalue weighted by atomic mass is 10.00. The molecule has 0 aromatic carbocycles. The van der Waals surface area contributed by atoms with E-state index in [0.717, 1.165) is 31.6 Å². The SMILES string of the molecule is C=CCN1CCc2sccc2C(C(=O)OC)C1. The number of carbonyl (C=O) groups excluding carboxylic acids is 1. The van der Waals surface area contributed by atoms with E-state index in [2.05, 4.69) is 22.9 Å². The summed E-state index contributed by atoms with van der Waals surface area (Å²) in [4.78, 5) is 15.4. The second-order valence-electron chi connectivity index (χ2n) is 4.17. The minimum Gasteiger partial charge on any atom is -0.469 e. The van der Waals surface area contributed by atoms with E-state index in [1.165, 1.54) is 12.0 Å². The van der Waals surface area contributed by atoms with Crippen LogP contribution in [0.4, 0.5) is 0 Å². The smallest absolute Gasteiger partial charge is 0.314 e. The molecule has 1 aliphatic heterocycles. The van der Waals surface area contributed by atoms with Crippen molar-refractivity contribution in [1.29, 1.82) is 0 Å². The number of ether oxygens (including phenoxy) is 1. The summed E-state index contributed by atoms with van der Waals surface area (Å²) in [6, 6.07) is 2.05. The molecule has 4 heteroatoms. The van der Waals surface area contributed by atoms with E-state index >= 15 is 0 Å². The van der Waals surface area contributed by atoms with Crippen LogP contribution in [0.3, 0.4) is 0 Å². The highest BCUT2D eigenvalue weighted by atomic mass is 32.1. The Hall–Kier alpha value is -1.13. The Kier molecular flexibility index (Phi) is 3.97. The molecule has 17 heavy (non-hydrogen) atoms. The number of hydrogen-bond acceptors (Lipinski definition) is 4. The van der Waals surface area contributed by atoms with Crippen LogP contribution in [0.2, 0.25) is 0 Å². The van der Waals surface area contributed by atoms with Gasteiger partial charge in [0, 0.05) is 24.5 Å². The van der Waals surface area contributed by atoms with Crippen LogP contribution < -0.4 is 0 Å². The fourth-order valence-corrected chi connectivity index (χ4v) is 3.20. The van der Waals surface area contributed by atoms with Gasteiger partial charge in [0.15, 0.2) is 0 Å². The van der Waals surface area contributed by atoms with Gasteiger partial charge in [-0.2, -0.15) is 0 Å². The van der Waals surface area contributed by atoms with Gasteiger partial charge >= 0.3 is 5.97 Å². The van der Waals surface area contributed by atoms with E-state index in [-0.39, 0.29) is 11.9 Å². The van der Waals surface area contributed by atoms with Crippen molar-refractivity contribution in [3.63, 3.8) is 0 Å². The number of fused-ring (bicyclic) bond motifs is 1. The third-order valence-corrected chi connectivity index (χ3v) is 4.12. The minimum atomic E-state index is -0.149. The maximum atomic E-state index is 11.9. The molecular weight excluding hydrogens is 234 g/mol. The van der Waals surface area contributed by atoms with Crippen LogP contribution in [0.15, 0.2) is 24.1 Å². The number of carbonyl (C=O) groups is 1. The number of methoxy groups -OCH3 is 1. The van der Waals surface area contributed by atoms with Gasteiger partial charge in [0.2, 0.25) is 0 Å². The first-order valence-corrected chi connectivity index (χ1v) is 6.61. The molecule has 0 saturated heterocycles. The Labute approximate surface area is 106 Å². The molecule has 0 N–H and O–H groups in total. The lowest BCUT2D eigenvalue weighted by Crippen LogP contribution is -2.31. The fourth-order valence-electron chi connectivity index (χ4n) is 2.26. The van der Waals surface area contributed by atoms with Crippen molar-refractivity contribution >= 4 is 17.3 Å². The van der Waals surface area contributed by atoms with E-state index in [0.29, 0.717) is 0 Å². The molecule has 0 saturated carbocycles. The third kappa shape index (κ3) is 2.58. The number of thiophene rings is 1. The summed E-state index contributed by atoms with van der Waals surface area (Å²) in [6.45, 7) is 6.28. The molecule has 0 spiro atoms. The van der Waals surface area contributed by atoms with Crippen molar-refractivity contribution in [3.05, 3.63) is 34.5 Å². The monoisotopic (exact) mass is 251 g/mol. The van der Waals surface area contributed by atoms with Gasteiger partial charge in [0.1, 0.15) is 0 Å². The van der Waals surface area contributed by atoms with Crippen LogP contribution in [0.25, 0.3) is 0 Å². The summed E-state index contributed by atoms with van der Waals surface area (Å²) in [5.41, 5.74) is 1.15. The van der Waals surface area contributed by atoms with Gasteiger partial charge in [0.25, 0.3) is 0 Å². The summed E-state index contributed by atoms with van der Waals surface area (Å²) in [7, 11) is 1.46. The van der Waals surface area contributed by atoms with Crippen molar-refractivity contribution in [2.24, 2.45) is 0 Å². The van der Waals surface area contributed by atoms with Crippen molar-refractivity contribution in [1.82, 2.24) is 4.90 Å². The highest BCUT2D eigenvalue weighted by Crippen LogP contribution is 2.30. The predicted molar refractivity (Wildman–Crippen MR) is 69.4 cm³/mol.